The summed E-state index contributed by atoms with van der Waals surface area (Å²) in [5.74, 6) is 0.936. The third-order valence-corrected chi connectivity index (χ3v) is 6.76. The number of carbonyl (C=O) groups excluding carboxylic acids is 1. The van der Waals surface area contributed by atoms with Crippen molar-refractivity contribution < 1.29 is 9.53 Å². The lowest BCUT2D eigenvalue weighted by atomic mass is 9.76. The van der Waals surface area contributed by atoms with Crippen LogP contribution >= 0.6 is 0 Å². The van der Waals surface area contributed by atoms with Gasteiger partial charge in [0, 0.05) is 30.5 Å². The Kier molecular flexibility index (Phi) is 5.63. The van der Waals surface area contributed by atoms with E-state index in [1.54, 1.807) is 17.8 Å². The lowest BCUT2D eigenvalue weighted by molar-refractivity contribution is 0.0957. The van der Waals surface area contributed by atoms with Crippen molar-refractivity contribution in [2.24, 2.45) is 5.41 Å². The fourth-order valence-electron chi connectivity index (χ4n) is 4.73. The second-order valence-corrected chi connectivity index (χ2v) is 9.71. The van der Waals surface area contributed by atoms with Crippen LogP contribution in [-0.2, 0) is 0 Å². The largest absolute Gasteiger partial charge is 0.479 e. The van der Waals surface area contributed by atoms with Gasteiger partial charge in [-0.2, -0.15) is 10.1 Å². The van der Waals surface area contributed by atoms with Crippen LogP contribution in [0.2, 0.25) is 0 Å². The molecule has 0 spiro atoms. The molecule has 4 aromatic heterocycles. The van der Waals surface area contributed by atoms with Gasteiger partial charge in [0.05, 0.1) is 24.4 Å². The lowest BCUT2D eigenvalue weighted by Gasteiger charge is -2.34. The predicted octanol–water partition coefficient (Wildman–Crippen LogP) is 4.18. The van der Waals surface area contributed by atoms with Gasteiger partial charge >= 0.3 is 0 Å². The van der Waals surface area contributed by atoms with Crippen molar-refractivity contribution in [3.05, 3.63) is 42.4 Å². The molecule has 0 bridgehead atoms. The van der Waals surface area contributed by atoms with Gasteiger partial charge in [0.25, 0.3) is 5.91 Å². The molecule has 4 heterocycles. The number of anilines is 1. The van der Waals surface area contributed by atoms with E-state index in [2.05, 4.69) is 34.6 Å². The molecule has 0 unspecified atom stereocenters. The molecule has 0 atom stereocenters. The summed E-state index contributed by atoms with van der Waals surface area (Å²) in [5, 5.41) is 15.4. The maximum Gasteiger partial charge on any atom is 0.255 e. The van der Waals surface area contributed by atoms with Gasteiger partial charge in [-0.05, 0) is 61.8 Å². The highest BCUT2D eigenvalue weighted by Crippen LogP contribution is 2.36. The van der Waals surface area contributed by atoms with Gasteiger partial charge in [0.15, 0.2) is 0 Å². The Morgan fingerprint density at radius 2 is 1.97 bits per heavy atom. The van der Waals surface area contributed by atoms with E-state index >= 15 is 0 Å². The normalized spacial score (nSPS) is 16.1. The third kappa shape index (κ3) is 4.06. The molecule has 1 saturated carbocycles. The van der Waals surface area contributed by atoms with Crippen molar-refractivity contribution in [2.75, 3.05) is 19.0 Å². The minimum atomic E-state index is -0.140. The minimum absolute atomic E-state index is 0.140. The number of methoxy groups -OCH3 is 1. The van der Waals surface area contributed by atoms with Crippen LogP contribution in [0.15, 0.2) is 36.8 Å². The van der Waals surface area contributed by atoms with Crippen LogP contribution in [-0.4, -0.2) is 49.8 Å². The number of nitrogens with zero attached hydrogens (tertiary/aromatic N) is 5. The van der Waals surface area contributed by atoms with Crippen LogP contribution in [0.25, 0.3) is 22.2 Å². The summed E-state index contributed by atoms with van der Waals surface area (Å²) in [6.07, 6.45) is 9.94. The molecular weight excluding hydrogens is 430 g/mol. The molecule has 1 aliphatic rings. The topological polar surface area (TPSA) is 97.9 Å². The zero-order chi connectivity index (χ0) is 23.9. The number of carbonyl (C=O) groups is 1. The Morgan fingerprint density at radius 3 is 2.71 bits per heavy atom. The highest BCUT2D eigenvalue weighted by Gasteiger charge is 2.27. The Labute approximate surface area is 198 Å². The van der Waals surface area contributed by atoms with Crippen molar-refractivity contribution in [2.45, 2.75) is 52.5 Å². The first-order valence-corrected chi connectivity index (χ1v) is 11.8. The summed E-state index contributed by atoms with van der Waals surface area (Å²) in [6, 6.07) is 6.28. The van der Waals surface area contributed by atoms with E-state index in [1.165, 1.54) is 12.8 Å². The molecule has 0 radical (unpaired) electrons. The first kappa shape index (κ1) is 22.2. The molecule has 0 aliphatic heterocycles. The minimum Gasteiger partial charge on any atom is -0.479 e. The van der Waals surface area contributed by atoms with Gasteiger partial charge < -0.3 is 15.4 Å². The Hall–Kier alpha value is -3.62. The number of aromatic nitrogens is 5. The summed E-state index contributed by atoms with van der Waals surface area (Å²) < 4.78 is 9.19. The van der Waals surface area contributed by atoms with Gasteiger partial charge in [0.1, 0.15) is 5.52 Å². The first-order valence-electron chi connectivity index (χ1n) is 11.8. The Bertz CT molecular complexity index is 1340. The molecule has 2 N–H and O–H groups in total. The average Bonchev–Trinajstić information content (AvgIpc) is 3.44. The maximum atomic E-state index is 12.5. The molecule has 1 aliphatic carbocycles. The van der Waals surface area contributed by atoms with Crippen LogP contribution in [0, 0.1) is 5.41 Å². The van der Waals surface area contributed by atoms with E-state index in [9.17, 15) is 4.79 Å². The molecule has 9 nitrogen and oxygen atoms in total. The molecule has 0 aromatic carbocycles. The molecule has 34 heavy (non-hydrogen) atoms. The van der Waals surface area contributed by atoms with Gasteiger partial charge in [-0.15, -0.1) is 5.10 Å². The average molecular weight is 462 g/mol. The van der Waals surface area contributed by atoms with E-state index in [0.717, 1.165) is 35.0 Å². The van der Waals surface area contributed by atoms with Crippen LogP contribution in [0.3, 0.4) is 0 Å². The maximum absolute atomic E-state index is 12.5. The second-order valence-electron chi connectivity index (χ2n) is 9.71. The van der Waals surface area contributed by atoms with Gasteiger partial charge in [0.2, 0.25) is 11.8 Å². The van der Waals surface area contributed by atoms with E-state index in [0.29, 0.717) is 35.4 Å². The summed E-state index contributed by atoms with van der Waals surface area (Å²) in [6.45, 7) is 7.11. The fraction of sp³-hybridized carbons (Fsp3) is 0.440. The summed E-state index contributed by atoms with van der Waals surface area (Å²) in [7, 11) is 1.62. The fourth-order valence-corrected chi connectivity index (χ4v) is 4.73. The second kappa shape index (κ2) is 8.62. The number of fused-ring (bicyclic) bond motifs is 2. The number of hydrogen-bond acceptors (Lipinski definition) is 6. The number of hydrogen-bond donors (Lipinski definition) is 2. The van der Waals surface area contributed by atoms with Crippen LogP contribution in [0.1, 0.15) is 56.8 Å². The quantitative estimate of drug-likeness (QED) is 0.447. The zero-order valence-corrected chi connectivity index (χ0v) is 20.1. The van der Waals surface area contributed by atoms with Gasteiger partial charge in [-0.1, -0.05) is 13.8 Å². The molecular formula is C25H31N7O2. The standard InChI is InChI=1S/C25H31N7O2/c1-5-26-22(33)19-15-27-31-12-8-16(14-20(19)31)18-9-13-32-21(18)23(34-4)29-24(30-32)28-17-6-10-25(2,3)11-7-17/h8-9,12-15,17H,5-7,10-11H2,1-4H3,(H,26,33)(H,28,30). The van der Waals surface area contributed by atoms with E-state index in [4.69, 9.17) is 9.84 Å². The molecule has 1 fully saturated rings. The van der Waals surface area contributed by atoms with Crippen molar-refractivity contribution >= 4 is 22.9 Å². The van der Waals surface area contributed by atoms with E-state index in [-0.39, 0.29) is 5.91 Å². The number of nitrogens with one attached hydrogen (secondary N) is 2. The van der Waals surface area contributed by atoms with E-state index in [1.807, 2.05) is 42.0 Å². The smallest absolute Gasteiger partial charge is 0.255 e. The molecule has 5 rings (SSSR count). The van der Waals surface area contributed by atoms with Crippen molar-refractivity contribution in [1.82, 2.24) is 29.5 Å². The summed E-state index contributed by atoms with van der Waals surface area (Å²) >= 11 is 0. The van der Waals surface area contributed by atoms with Gasteiger partial charge in [-0.25, -0.2) is 9.03 Å². The van der Waals surface area contributed by atoms with E-state index < -0.39 is 0 Å². The first-order chi connectivity index (χ1) is 16.4. The predicted molar refractivity (Wildman–Crippen MR) is 131 cm³/mol. The third-order valence-electron chi connectivity index (χ3n) is 6.76. The lowest BCUT2D eigenvalue weighted by Crippen LogP contribution is -2.30. The van der Waals surface area contributed by atoms with Gasteiger partial charge in [-0.3, -0.25) is 4.79 Å². The molecule has 4 aromatic rings. The summed E-state index contributed by atoms with van der Waals surface area (Å²) in [4.78, 5) is 17.1. The monoisotopic (exact) mass is 461 g/mol. The van der Waals surface area contributed by atoms with Crippen molar-refractivity contribution in [3.8, 4) is 17.0 Å². The number of ether oxygens (including phenoxy) is 1. The van der Waals surface area contributed by atoms with Crippen LogP contribution in [0.4, 0.5) is 5.95 Å². The highest BCUT2D eigenvalue weighted by molar-refractivity contribution is 6.01. The van der Waals surface area contributed by atoms with Crippen molar-refractivity contribution in [1.29, 1.82) is 0 Å². The number of rotatable bonds is 6. The molecule has 178 valence electrons. The van der Waals surface area contributed by atoms with Crippen LogP contribution in [0.5, 0.6) is 5.88 Å². The Morgan fingerprint density at radius 1 is 1.21 bits per heavy atom. The Balaban J connectivity index is 1.49. The number of amides is 1. The highest BCUT2D eigenvalue weighted by atomic mass is 16.5. The van der Waals surface area contributed by atoms with Crippen LogP contribution < -0.4 is 15.4 Å². The number of pyridine rings is 1. The molecule has 0 saturated heterocycles. The SMILES string of the molecule is CCNC(=O)c1cnn2ccc(-c3ccn4nc(NC5CCC(C)(C)CC5)nc(OC)c34)cc12. The summed E-state index contributed by atoms with van der Waals surface area (Å²) in [5.41, 5.74) is 4.32. The molecule has 1 amide bonds. The van der Waals surface area contributed by atoms with Crippen molar-refractivity contribution in [3.63, 3.8) is 0 Å². The zero-order valence-electron chi connectivity index (χ0n) is 20.1. The molecule has 9 heteroatoms.